The molecule has 1 aromatic heterocycles. The molecule has 1 saturated carbocycles. The summed E-state index contributed by atoms with van der Waals surface area (Å²) >= 11 is 0.901. The molecule has 0 aliphatic heterocycles. The first-order chi connectivity index (χ1) is 9.67. The Morgan fingerprint density at radius 2 is 2.14 bits per heavy atom. The first-order valence-electron chi connectivity index (χ1n) is 6.72. The minimum Gasteiger partial charge on any atom is -0.371 e. The van der Waals surface area contributed by atoms with Crippen LogP contribution in [-0.4, -0.2) is 25.9 Å². The maximum Gasteiger partial charge on any atom is 0.304 e. The maximum absolute atomic E-state index is 12.3. The van der Waals surface area contributed by atoms with Crippen molar-refractivity contribution in [2.45, 2.75) is 43.9 Å². The predicted molar refractivity (Wildman–Crippen MR) is 82.3 cm³/mol. The molecule has 0 aromatic carbocycles. The normalized spacial score (nSPS) is 20.2. The van der Waals surface area contributed by atoms with Crippen LogP contribution in [0.5, 0.6) is 0 Å². The molecule has 1 aliphatic rings. The number of anilines is 1. The summed E-state index contributed by atoms with van der Waals surface area (Å²) in [5.41, 5.74) is -0.233. The Morgan fingerprint density at radius 1 is 1.52 bits per heavy atom. The molecule has 1 heterocycles. The summed E-state index contributed by atoms with van der Waals surface area (Å²) in [4.78, 5) is 10.5. The molecular weight excluding hydrogens is 314 g/mol. The number of sulfonamides is 1. The van der Waals surface area contributed by atoms with Gasteiger partial charge in [-0.25, -0.2) is 13.1 Å². The van der Waals surface area contributed by atoms with E-state index < -0.39 is 14.9 Å². The summed E-state index contributed by atoms with van der Waals surface area (Å²) < 4.78 is 27.1. The van der Waals surface area contributed by atoms with E-state index >= 15 is 0 Å². The van der Waals surface area contributed by atoms with Crippen molar-refractivity contribution in [3.8, 4) is 0 Å². The molecule has 7 nitrogen and oxygen atoms in total. The van der Waals surface area contributed by atoms with E-state index in [0.29, 0.717) is 6.54 Å². The quantitative estimate of drug-likeness (QED) is 0.590. The highest BCUT2D eigenvalue weighted by Crippen LogP contribution is 2.46. The molecule has 0 bridgehead atoms. The number of nitrogens with zero attached hydrogens (tertiary/aromatic N) is 1. The number of hydrogen-bond acceptors (Lipinski definition) is 6. The van der Waals surface area contributed by atoms with Gasteiger partial charge in [0.1, 0.15) is 4.21 Å². The van der Waals surface area contributed by atoms with Crippen molar-refractivity contribution in [2.24, 2.45) is 5.41 Å². The van der Waals surface area contributed by atoms with Crippen molar-refractivity contribution >= 4 is 32.0 Å². The molecule has 1 fully saturated rings. The van der Waals surface area contributed by atoms with E-state index in [1.165, 1.54) is 0 Å². The molecule has 0 amide bonds. The molecule has 21 heavy (non-hydrogen) atoms. The average Bonchev–Trinajstić information content (AvgIpc) is 2.79. The van der Waals surface area contributed by atoms with Gasteiger partial charge >= 0.3 is 5.69 Å². The van der Waals surface area contributed by atoms with Crippen LogP contribution in [0.4, 0.5) is 10.7 Å². The summed E-state index contributed by atoms with van der Waals surface area (Å²) in [5, 5.41) is 14.2. The molecule has 0 spiro atoms. The van der Waals surface area contributed by atoms with Crippen molar-refractivity contribution in [3.05, 3.63) is 16.2 Å². The zero-order chi connectivity index (χ0) is 15.8. The lowest BCUT2D eigenvalue weighted by Gasteiger charge is -2.05. The van der Waals surface area contributed by atoms with E-state index in [0.717, 1.165) is 30.2 Å². The first kappa shape index (κ1) is 16.2. The smallest absolute Gasteiger partial charge is 0.304 e. The third-order valence-corrected chi connectivity index (χ3v) is 6.53. The largest absolute Gasteiger partial charge is 0.371 e. The van der Waals surface area contributed by atoms with E-state index in [4.69, 9.17) is 0 Å². The van der Waals surface area contributed by atoms with E-state index in [1.807, 2.05) is 20.8 Å². The Balaban J connectivity index is 2.24. The van der Waals surface area contributed by atoms with Crippen molar-refractivity contribution in [1.29, 1.82) is 0 Å². The van der Waals surface area contributed by atoms with Crippen LogP contribution in [0.1, 0.15) is 33.6 Å². The molecule has 1 atom stereocenters. The zero-order valence-electron chi connectivity index (χ0n) is 12.2. The summed E-state index contributed by atoms with van der Waals surface area (Å²) in [6.07, 6.45) is 1.58. The predicted octanol–water partition coefficient (Wildman–Crippen LogP) is 2.56. The average molecular weight is 333 g/mol. The van der Waals surface area contributed by atoms with E-state index in [-0.39, 0.29) is 26.4 Å². The second kappa shape index (κ2) is 5.54. The number of nitro groups is 1. The minimum absolute atomic E-state index is 0.0181. The number of rotatable bonds is 7. The Bertz CT molecular complexity index is 651. The van der Waals surface area contributed by atoms with Gasteiger partial charge in [-0.2, -0.15) is 0 Å². The van der Waals surface area contributed by atoms with Crippen LogP contribution in [-0.2, 0) is 10.0 Å². The lowest BCUT2D eigenvalue weighted by atomic mass is 10.2. The highest BCUT2D eigenvalue weighted by atomic mass is 32.2. The fourth-order valence-electron chi connectivity index (χ4n) is 1.91. The molecule has 0 saturated heterocycles. The van der Waals surface area contributed by atoms with Gasteiger partial charge in [0.05, 0.1) is 4.92 Å². The molecule has 1 unspecified atom stereocenters. The van der Waals surface area contributed by atoms with Gasteiger partial charge in [-0.05, 0) is 18.3 Å². The molecule has 9 heteroatoms. The minimum atomic E-state index is -3.70. The second-order valence-electron chi connectivity index (χ2n) is 5.83. The molecule has 1 aliphatic carbocycles. The number of hydrogen-bond donors (Lipinski definition) is 2. The summed E-state index contributed by atoms with van der Waals surface area (Å²) in [7, 11) is -3.70. The fraction of sp³-hybridized carbons (Fsp3) is 0.667. The van der Waals surface area contributed by atoms with Crippen LogP contribution in [0.2, 0.25) is 0 Å². The molecule has 2 N–H and O–H groups in total. The zero-order valence-corrected chi connectivity index (χ0v) is 13.8. The Morgan fingerprint density at radius 3 is 2.62 bits per heavy atom. The van der Waals surface area contributed by atoms with Crippen molar-refractivity contribution in [1.82, 2.24) is 4.72 Å². The van der Waals surface area contributed by atoms with E-state index in [9.17, 15) is 18.5 Å². The van der Waals surface area contributed by atoms with Crippen LogP contribution in [0.3, 0.4) is 0 Å². The van der Waals surface area contributed by atoms with Crippen LogP contribution in [0.25, 0.3) is 0 Å². The molecule has 118 valence electrons. The second-order valence-corrected chi connectivity index (χ2v) is 8.82. The molecule has 2 rings (SSSR count). The van der Waals surface area contributed by atoms with Crippen molar-refractivity contribution in [3.63, 3.8) is 0 Å². The van der Waals surface area contributed by atoms with Gasteiger partial charge in [-0.15, -0.1) is 0 Å². The van der Waals surface area contributed by atoms with Gasteiger partial charge in [0, 0.05) is 18.7 Å². The van der Waals surface area contributed by atoms with Gasteiger partial charge in [-0.1, -0.05) is 32.1 Å². The van der Waals surface area contributed by atoms with Crippen molar-refractivity contribution in [2.75, 3.05) is 11.9 Å². The van der Waals surface area contributed by atoms with Gasteiger partial charge in [0.15, 0.2) is 5.00 Å². The lowest BCUT2D eigenvalue weighted by molar-refractivity contribution is -0.383. The van der Waals surface area contributed by atoms with Crippen molar-refractivity contribution < 1.29 is 13.3 Å². The topological polar surface area (TPSA) is 101 Å². The fourth-order valence-corrected chi connectivity index (χ4v) is 4.68. The third kappa shape index (κ3) is 3.53. The maximum atomic E-state index is 12.3. The summed E-state index contributed by atoms with van der Waals surface area (Å²) in [5.74, 6) is 0. The van der Waals surface area contributed by atoms with Crippen LogP contribution < -0.4 is 10.0 Å². The Hall–Kier alpha value is -1.19. The molecule has 0 radical (unpaired) electrons. The monoisotopic (exact) mass is 333 g/mol. The van der Waals surface area contributed by atoms with Gasteiger partial charge in [-0.3, -0.25) is 10.1 Å². The van der Waals surface area contributed by atoms with Gasteiger partial charge < -0.3 is 5.32 Å². The first-order valence-corrected chi connectivity index (χ1v) is 9.02. The molecular formula is C12H19N3O4S2. The highest BCUT2D eigenvalue weighted by Gasteiger charge is 2.48. The number of thiophene rings is 1. The van der Waals surface area contributed by atoms with Crippen LogP contribution in [0, 0.1) is 15.5 Å². The highest BCUT2D eigenvalue weighted by molar-refractivity contribution is 7.91. The summed E-state index contributed by atoms with van der Waals surface area (Å²) in [6, 6.07) is 1.02. The number of nitrogens with one attached hydrogen (secondary N) is 2. The SMILES string of the molecule is CCCNc1sc(S(=O)(=O)NC2CC2(C)C)cc1[N+](=O)[O-]. The van der Waals surface area contributed by atoms with Gasteiger partial charge in [0.2, 0.25) is 0 Å². The summed E-state index contributed by atoms with van der Waals surface area (Å²) in [6.45, 7) is 6.45. The standard InChI is InChI=1S/C12H19N3O4S2/c1-4-5-13-11-8(15(16)17)6-10(20-11)21(18,19)14-9-7-12(9,2)3/h6,9,13-14H,4-5,7H2,1-3H3. The molecule has 1 aromatic rings. The Labute approximate surface area is 127 Å². The van der Waals surface area contributed by atoms with E-state index in [1.54, 1.807) is 0 Å². The lowest BCUT2D eigenvalue weighted by Crippen LogP contribution is -2.27. The van der Waals surface area contributed by atoms with E-state index in [2.05, 4.69) is 10.0 Å². The Kier molecular flexibility index (Phi) is 4.27. The third-order valence-electron chi connectivity index (χ3n) is 3.50. The van der Waals surface area contributed by atoms with Gasteiger partial charge in [0.25, 0.3) is 10.0 Å². The van der Waals surface area contributed by atoms with Crippen LogP contribution in [0.15, 0.2) is 10.3 Å². The van der Waals surface area contributed by atoms with Crippen LogP contribution >= 0.6 is 11.3 Å².